The van der Waals surface area contributed by atoms with Gasteiger partial charge >= 0.3 is 0 Å². The van der Waals surface area contributed by atoms with Gasteiger partial charge in [-0.15, -0.1) is 0 Å². The van der Waals surface area contributed by atoms with Crippen molar-refractivity contribution in [3.63, 3.8) is 0 Å². The Morgan fingerprint density at radius 2 is 1.87 bits per heavy atom. The Morgan fingerprint density at radius 1 is 1.13 bits per heavy atom. The first-order valence-electron chi connectivity index (χ1n) is 4.88. The predicted molar refractivity (Wildman–Crippen MR) is 57.7 cm³/mol. The van der Waals surface area contributed by atoms with E-state index in [0.717, 1.165) is 17.1 Å². The monoisotopic (exact) mass is 204 g/mol. The molecule has 1 aromatic carbocycles. The van der Waals surface area contributed by atoms with Gasteiger partial charge < -0.3 is 0 Å². The minimum Gasteiger partial charge on any atom is -0.238 e. The molecular weight excluding hydrogens is 191 g/mol. The van der Waals surface area contributed by atoms with E-state index >= 15 is 0 Å². The molecule has 0 amide bonds. The highest BCUT2D eigenvalue weighted by atomic mass is 19.1. The molecule has 0 saturated heterocycles. The average molecular weight is 204 g/mol. The van der Waals surface area contributed by atoms with Crippen LogP contribution in [0.3, 0.4) is 0 Å². The van der Waals surface area contributed by atoms with E-state index < -0.39 is 0 Å². The molecule has 2 rings (SSSR count). The fraction of sp³-hybridized carbons (Fsp3) is 0.250. The van der Waals surface area contributed by atoms with E-state index in [9.17, 15) is 4.39 Å². The highest BCUT2D eigenvalue weighted by Crippen LogP contribution is 2.15. The standard InChI is InChI=1S/C12H13FN2/c1-8-6-11(4-5-12(8)13)15-10(3)7-9(2)14-15/h4-7H,1-3H3. The number of hydrogen-bond acceptors (Lipinski definition) is 1. The fourth-order valence-electron chi connectivity index (χ4n) is 1.65. The maximum atomic E-state index is 13.1. The van der Waals surface area contributed by atoms with Gasteiger partial charge in [0.1, 0.15) is 5.82 Å². The lowest BCUT2D eigenvalue weighted by Gasteiger charge is -2.05. The average Bonchev–Trinajstić information content (AvgIpc) is 2.50. The first-order valence-corrected chi connectivity index (χ1v) is 4.88. The molecule has 0 radical (unpaired) electrons. The fourth-order valence-corrected chi connectivity index (χ4v) is 1.65. The molecule has 2 aromatic rings. The van der Waals surface area contributed by atoms with E-state index in [1.165, 1.54) is 6.07 Å². The van der Waals surface area contributed by atoms with Gasteiger partial charge in [-0.05, 0) is 50.6 Å². The normalized spacial score (nSPS) is 10.7. The van der Waals surface area contributed by atoms with Crippen LogP contribution in [-0.4, -0.2) is 9.78 Å². The van der Waals surface area contributed by atoms with Crippen molar-refractivity contribution < 1.29 is 4.39 Å². The molecule has 0 unspecified atom stereocenters. The van der Waals surface area contributed by atoms with Crippen LogP contribution >= 0.6 is 0 Å². The summed E-state index contributed by atoms with van der Waals surface area (Å²) < 4.78 is 14.9. The lowest BCUT2D eigenvalue weighted by molar-refractivity contribution is 0.617. The van der Waals surface area contributed by atoms with Gasteiger partial charge in [-0.3, -0.25) is 0 Å². The van der Waals surface area contributed by atoms with Gasteiger partial charge in [0.2, 0.25) is 0 Å². The van der Waals surface area contributed by atoms with Crippen LogP contribution in [0, 0.1) is 26.6 Å². The first-order chi connectivity index (χ1) is 7.08. The lowest BCUT2D eigenvalue weighted by Crippen LogP contribution is -1.99. The van der Waals surface area contributed by atoms with Gasteiger partial charge in [0.05, 0.1) is 11.4 Å². The molecule has 0 fully saturated rings. The van der Waals surface area contributed by atoms with Crippen LogP contribution in [0.4, 0.5) is 4.39 Å². The minimum atomic E-state index is -0.180. The van der Waals surface area contributed by atoms with Crippen LogP contribution in [-0.2, 0) is 0 Å². The van der Waals surface area contributed by atoms with Crippen molar-refractivity contribution in [3.05, 3.63) is 47.0 Å². The van der Waals surface area contributed by atoms with Crippen LogP contribution in [0.5, 0.6) is 0 Å². The van der Waals surface area contributed by atoms with Crippen LogP contribution < -0.4 is 0 Å². The van der Waals surface area contributed by atoms with Gasteiger partial charge in [-0.2, -0.15) is 5.10 Å². The number of aromatic nitrogens is 2. The number of benzene rings is 1. The number of hydrogen-bond donors (Lipinski definition) is 0. The van der Waals surface area contributed by atoms with Gasteiger partial charge in [0.25, 0.3) is 0 Å². The molecule has 0 spiro atoms. The molecule has 15 heavy (non-hydrogen) atoms. The quantitative estimate of drug-likeness (QED) is 0.698. The summed E-state index contributed by atoms with van der Waals surface area (Å²) in [6.07, 6.45) is 0. The number of rotatable bonds is 1. The maximum absolute atomic E-state index is 13.1. The largest absolute Gasteiger partial charge is 0.238 e. The van der Waals surface area contributed by atoms with Gasteiger partial charge in [-0.25, -0.2) is 9.07 Å². The molecule has 78 valence electrons. The van der Waals surface area contributed by atoms with Crippen LogP contribution in [0.2, 0.25) is 0 Å². The van der Waals surface area contributed by atoms with Gasteiger partial charge in [0.15, 0.2) is 0 Å². The third-order valence-corrected chi connectivity index (χ3v) is 2.40. The van der Waals surface area contributed by atoms with E-state index in [1.54, 1.807) is 19.1 Å². The Morgan fingerprint density at radius 3 is 2.40 bits per heavy atom. The molecule has 0 aliphatic heterocycles. The maximum Gasteiger partial charge on any atom is 0.126 e. The topological polar surface area (TPSA) is 17.8 Å². The Bertz CT molecular complexity index is 500. The molecule has 3 heteroatoms. The van der Waals surface area contributed by atoms with E-state index in [2.05, 4.69) is 5.10 Å². The van der Waals surface area contributed by atoms with Crippen LogP contribution in [0.25, 0.3) is 5.69 Å². The van der Waals surface area contributed by atoms with E-state index in [4.69, 9.17) is 0 Å². The summed E-state index contributed by atoms with van der Waals surface area (Å²) in [4.78, 5) is 0. The second-order valence-electron chi connectivity index (χ2n) is 3.77. The molecule has 1 heterocycles. The molecule has 0 bridgehead atoms. The van der Waals surface area contributed by atoms with E-state index in [1.807, 2.05) is 24.6 Å². The summed E-state index contributed by atoms with van der Waals surface area (Å²) in [5.74, 6) is -0.180. The van der Waals surface area contributed by atoms with Crippen molar-refractivity contribution in [1.29, 1.82) is 0 Å². The van der Waals surface area contributed by atoms with Crippen molar-refractivity contribution in [2.75, 3.05) is 0 Å². The zero-order valence-corrected chi connectivity index (χ0v) is 9.08. The summed E-state index contributed by atoms with van der Waals surface area (Å²) in [5.41, 5.74) is 3.56. The van der Waals surface area contributed by atoms with Gasteiger partial charge in [0, 0.05) is 5.69 Å². The van der Waals surface area contributed by atoms with Crippen LogP contribution in [0.15, 0.2) is 24.3 Å². The zero-order chi connectivity index (χ0) is 11.0. The summed E-state index contributed by atoms with van der Waals surface area (Å²) in [7, 11) is 0. The van der Waals surface area contributed by atoms with Crippen molar-refractivity contribution in [2.45, 2.75) is 20.8 Å². The highest BCUT2D eigenvalue weighted by Gasteiger charge is 2.05. The van der Waals surface area contributed by atoms with Crippen molar-refractivity contribution in [2.24, 2.45) is 0 Å². The molecule has 0 aliphatic carbocycles. The van der Waals surface area contributed by atoms with Crippen LogP contribution in [0.1, 0.15) is 17.0 Å². The second-order valence-corrected chi connectivity index (χ2v) is 3.77. The van der Waals surface area contributed by atoms with E-state index in [0.29, 0.717) is 5.56 Å². The van der Waals surface area contributed by atoms with Crippen molar-refractivity contribution in [1.82, 2.24) is 9.78 Å². The second kappa shape index (κ2) is 3.50. The van der Waals surface area contributed by atoms with E-state index in [-0.39, 0.29) is 5.82 Å². The zero-order valence-electron chi connectivity index (χ0n) is 9.08. The summed E-state index contributed by atoms with van der Waals surface area (Å²) >= 11 is 0. The lowest BCUT2D eigenvalue weighted by atomic mass is 10.2. The number of nitrogens with zero attached hydrogens (tertiary/aromatic N) is 2. The highest BCUT2D eigenvalue weighted by molar-refractivity contribution is 5.37. The molecule has 0 saturated carbocycles. The Hall–Kier alpha value is -1.64. The Labute approximate surface area is 88.4 Å². The third kappa shape index (κ3) is 1.77. The summed E-state index contributed by atoms with van der Waals surface area (Å²) in [6, 6.07) is 7.01. The molecule has 0 atom stereocenters. The summed E-state index contributed by atoms with van der Waals surface area (Å²) in [5, 5.41) is 4.35. The van der Waals surface area contributed by atoms with Crippen molar-refractivity contribution >= 4 is 0 Å². The molecule has 1 aromatic heterocycles. The molecule has 0 aliphatic rings. The minimum absolute atomic E-state index is 0.180. The van der Waals surface area contributed by atoms with Gasteiger partial charge in [-0.1, -0.05) is 0 Å². The van der Waals surface area contributed by atoms with Crippen molar-refractivity contribution in [3.8, 4) is 5.69 Å². The smallest absolute Gasteiger partial charge is 0.126 e. The molecule has 0 N–H and O–H groups in total. The number of aryl methyl sites for hydroxylation is 3. The SMILES string of the molecule is Cc1cc(C)n(-c2ccc(F)c(C)c2)n1. The Balaban J connectivity index is 2.54. The number of halogens is 1. The first kappa shape index (κ1) is 9.90. The predicted octanol–water partition coefficient (Wildman–Crippen LogP) is 2.94. The Kier molecular flexibility index (Phi) is 2.31. The molecular formula is C12H13FN2. The third-order valence-electron chi connectivity index (χ3n) is 2.40. The summed E-state index contributed by atoms with van der Waals surface area (Å²) in [6.45, 7) is 5.68. The molecule has 2 nitrogen and oxygen atoms in total.